The fourth-order valence-corrected chi connectivity index (χ4v) is 2.91. The number of nitrogens with zero attached hydrogens (tertiary/aromatic N) is 2. The molecule has 20 heavy (non-hydrogen) atoms. The molecule has 0 aromatic rings. The summed E-state index contributed by atoms with van der Waals surface area (Å²) in [7, 11) is 2.08. The summed E-state index contributed by atoms with van der Waals surface area (Å²) in [5, 5.41) is 10.0. The Hall–Kier alpha value is -0.200. The van der Waals surface area contributed by atoms with Crippen LogP contribution >= 0.6 is 0 Å². The van der Waals surface area contributed by atoms with Gasteiger partial charge in [-0.3, -0.25) is 0 Å². The molecule has 1 N–H and O–H groups in total. The van der Waals surface area contributed by atoms with Gasteiger partial charge in [0.1, 0.15) is 0 Å². The Morgan fingerprint density at radius 3 is 2.70 bits per heavy atom. The minimum absolute atomic E-state index is 0.272. The molecular formula is C15H30N2O3. The van der Waals surface area contributed by atoms with Crippen molar-refractivity contribution in [1.29, 1.82) is 0 Å². The average molecular weight is 286 g/mol. The minimum atomic E-state index is -0.388. The van der Waals surface area contributed by atoms with Gasteiger partial charge in [0.2, 0.25) is 0 Å². The highest BCUT2D eigenvalue weighted by Crippen LogP contribution is 2.11. The number of likely N-dealkylation sites (tertiary alicyclic amines) is 1. The van der Waals surface area contributed by atoms with Crippen LogP contribution in [0.25, 0.3) is 0 Å². The lowest BCUT2D eigenvalue weighted by atomic mass is 10.1. The molecule has 1 unspecified atom stereocenters. The lowest BCUT2D eigenvalue weighted by Gasteiger charge is -2.26. The Morgan fingerprint density at radius 1 is 1.30 bits per heavy atom. The minimum Gasteiger partial charge on any atom is -0.389 e. The summed E-state index contributed by atoms with van der Waals surface area (Å²) >= 11 is 0. The summed E-state index contributed by atoms with van der Waals surface area (Å²) in [6, 6.07) is 0. The van der Waals surface area contributed by atoms with Gasteiger partial charge in [-0.05, 0) is 45.8 Å². The largest absolute Gasteiger partial charge is 0.389 e. The van der Waals surface area contributed by atoms with Gasteiger partial charge < -0.3 is 24.4 Å². The van der Waals surface area contributed by atoms with Crippen LogP contribution < -0.4 is 0 Å². The zero-order valence-electron chi connectivity index (χ0n) is 12.8. The van der Waals surface area contributed by atoms with Crippen molar-refractivity contribution in [2.45, 2.75) is 37.9 Å². The molecule has 5 nitrogen and oxygen atoms in total. The molecule has 2 aliphatic rings. The highest BCUT2D eigenvalue weighted by atomic mass is 16.5. The standard InChI is InChI=1S/C15H30N2O3/c1-16(8-9-17-6-2-3-7-17)12-14(18)13-20-15-4-10-19-11-5-15/h14-15,18H,2-13H2,1H3. The molecule has 118 valence electrons. The Labute approximate surface area is 122 Å². The second kappa shape index (κ2) is 8.95. The SMILES string of the molecule is CN(CCN1CCCC1)CC(O)COC1CCOCC1. The fraction of sp³-hybridized carbons (Fsp3) is 1.00. The molecule has 5 heteroatoms. The van der Waals surface area contributed by atoms with E-state index in [0.717, 1.165) is 39.1 Å². The first-order valence-electron chi connectivity index (χ1n) is 8.02. The topological polar surface area (TPSA) is 45.2 Å². The van der Waals surface area contributed by atoms with Crippen LogP contribution in [0.4, 0.5) is 0 Å². The van der Waals surface area contributed by atoms with Crippen molar-refractivity contribution >= 4 is 0 Å². The molecule has 2 aliphatic heterocycles. The normalized spacial score (nSPS) is 23.6. The summed E-state index contributed by atoms with van der Waals surface area (Å²) in [4.78, 5) is 4.71. The van der Waals surface area contributed by atoms with Crippen LogP contribution in [0, 0.1) is 0 Å². The van der Waals surface area contributed by atoms with E-state index in [9.17, 15) is 5.11 Å². The van der Waals surface area contributed by atoms with E-state index in [0.29, 0.717) is 13.2 Å². The zero-order valence-corrected chi connectivity index (χ0v) is 12.8. The molecule has 0 aromatic carbocycles. The van der Waals surface area contributed by atoms with E-state index < -0.39 is 0 Å². The van der Waals surface area contributed by atoms with E-state index >= 15 is 0 Å². The van der Waals surface area contributed by atoms with Crippen LogP contribution in [0.3, 0.4) is 0 Å². The summed E-state index contributed by atoms with van der Waals surface area (Å²) in [6.45, 7) is 7.33. The van der Waals surface area contributed by atoms with Crippen molar-refractivity contribution in [2.75, 3.05) is 59.6 Å². The van der Waals surface area contributed by atoms with Gasteiger partial charge >= 0.3 is 0 Å². The summed E-state index contributed by atoms with van der Waals surface area (Å²) < 4.78 is 11.1. The monoisotopic (exact) mass is 286 g/mol. The van der Waals surface area contributed by atoms with Crippen molar-refractivity contribution in [3.63, 3.8) is 0 Å². The number of aliphatic hydroxyl groups is 1. The molecule has 0 saturated carbocycles. The first-order chi connectivity index (χ1) is 9.74. The number of hydrogen-bond donors (Lipinski definition) is 1. The van der Waals surface area contributed by atoms with E-state index in [2.05, 4.69) is 16.8 Å². The van der Waals surface area contributed by atoms with Gasteiger partial charge in [0.15, 0.2) is 0 Å². The van der Waals surface area contributed by atoms with Gasteiger partial charge in [0.25, 0.3) is 0 Å². The van der Waals surface area contributed by atoms with Crippen molar-refractivity contribution in [3.8, 4) is 0 Å². The first-order valence-corrected chi connectivity index (χ1v) is 8.02. The zero-order chi connectivity index (χ0) is 14.2. The number of rotatable bonds is 8. The smallest absolute Gasteiger partial charge is 0.0900 e. The molecule has 0 radical (unpaired) electrons. The molecule has 2 fully saturated rings. The molecule has 0 bridgehead atoms. The predicted octanol–water partition coefficient (Wildman–Crippen LogP) is 0.571. The predicted molar refractivity (Wildman–Crippen MR) is 79.0 cm³/mol. The van der Waals surface area contributed by atoms with Crippen LogP contribution in [0.5, 0.6) is 0 Å². The molecule has 0 aromatic heterocycles. The third-order valence-electron chi connectivity index (χ3n) is 4.21. The van der Waals surface area contributed by atoms with Gasteiger partial charge in [0.05, 0.1) is 18.8 Å². The molecule has 2 heterocycles. The van der Waals surface area contributed by atoms with Crippen LogP contribution in [-0.4, -0.2) is 86.7 Å². The van der Waals surface area contributed by atoms with E-state index in [-0.39, 0.29) is 12.2 Å². The van der Waals surface area contributed by atoms with Crippen molar-refractivity contribution in [2.24, 2.45) is 0 Å². The lowest BCUT2D eigenvalue weighted by Crippen LogP contribution is -2.38. The lowest BCUT2D eigenvalue weighted by molar-refractivity contribution is -0.0632. The van der Waals surface area contributed by atoms with E-state index in [4.69, 9.17) is 9.47 Å². The maximum atomic E-state index is 10.0. The van der Waals surface area contributed by atoms with E-state index in [1.165, 1.54) is 25.9 Å². The van der Waals surface area contributed by atoms with Crippen molar-refractivity contribution < 1.29 is 14.6 Å². The fourth-order valence-electron chi connectivity index (χ4n) is 2.91. The van der Waals surface area contributed by atoms with Crippen LogP contribution in [0.2, 0.25) is 0 Å². The van der Waals surface area contributed by atoms with Crippen LogP contribution in [0.1, 0.15) is 25.7 Å². The molecule has 0 amide bonds. The van der Waals surface area contributed by atoms with Gasteiger partial charge in [-0.2, -0.15) is 0 Å². The Kier molecular flexibility index (Phi) is 7.24. The van der Waals surface area contributed by atoms with Gasteiger partial charge in [-0.25, -0.2) is 0 Å². The third kappa shape index (κ3) is 6.06. The molecule has 0 aliphatic carbocycles. The maximum absolute atomic E-state index is 10.0. The molecular weight excluding hydrogens is 256 g/mol. The Balaban J connectivity index is 1.52. The van der Waals surface area contributed by atoms with Gasteiger partial charge in [0, 0.05) is 32.8 Å². The van der Waals surface area contributed by atoms with Crippen molar-refractivity contribution in [3.05, 3.63) is 0 Å². The van der Waals surface area contributed by atoms with Crippen molar-refractivity contribution in [1.82, 2.24) is 9.80 Å². The van der Waals surface area contributed by atoms with Crippen LogP contribution in [-0.2, 0) is 9.47 Å². The number of likely N-dealkylation sites (N-methyl/N-ethyl adjacent to an activating group) is 1. The maximum Gasteiger partial charge on any atom is 0.0900 e. The average Bonchev–Trinajstić information content (AvgIpc) is 2.97. The van der Waals surface area contributed by atoms with E-state index in [1.807, 2.05) is 0 Å². The number of aliphatic hydroxyl groups excluding tert-OH is 1. The molecule has 2 saturated heterocycles. The van der Waals surface area contributed by atoms with Gasteiger partial charge in [-0.15, -0.1) is 0 Å². The molecule has 1 atom stereocenters. The van der Waals surface area contributed by atoms with Gasteiger partial charge in [-0.1, -0.05) is 0 Å². The Morgan fingerprint density at radius 2 is 2.00 bits per heavy atom. The number of hydrogen-bond acceptors (Lipinski definition) is 5. The van der Waals surface area contributed by atoms with Crippen LogP contribution in [0.15, 0.2) is 0 Å². The summed E-state index contributed by atoms with van der Waals surface area (Å²) in [6.07, 6.45) is 4.47. The van der Waals surface area contributed by atoms with E-state index in [1.54, 1.807) is 0 Å². The third-order valence-corrected chi connectivity index (χ3v) is 4.21. The molecule has 2 rings (SSSR count). The Bertz CT molecular complexity index is 254. The highest BCUT2D eigenvalue weighted by molar-refractivity contribution is 4.69. The summed E-state index contributed by atoms with van der Waals surface area (Å²) in [5.41, 5.74) is 0. The first kappa shape index (κ1) is 16.2. The second-order valence-electron chi connectivity index (χ2n) is 6.11. The quantitative estimate of drug-likeness (QED) is 0.707. The number of ether oxygens (including phenoxy) is 2. The molecule has 0 spiro atoms. The highest BCUT2D eigenvalue weighted by Gasteiger charge is 2.17. The summed E-state index contributed by atoms with van der Waals surface area (Å²) in [5.74, 6) is 0. The second-order valence-corrected chi connectivity index (χ2v) is 6.11.